The van der Waals surface area contributed by atoms with Crippen molar-refractivity contribution in [3.05, 3.63) is 47.0 Å². The maximum Gasteiger partial charge on any atom is 0.410 e. The van der Waals surface area contributed by atoms with Crippen LogP contribution in [-0.4, -0.2) is 47.4 Å². The lowest BCUT2D eigenvalue weighted by atomic mass is 9.52. The van der Waals surface area contributed by atoms with Crippen molar-refractivity contribution in [2.24, 2.45) is 40.9 Å². The quantitative estimate of drug-likeness (QED) is 0.258. The van der Waals surface area contributed by atoms with E-state index in [4.69, 9.17) is 14.2 Å². The smallest absolute Gasteiger partial charge is 0.410 e. The summed E-state index contributed by atoms with van der Waals surface area (Å²) in [6, 6.07) is 10.0. The van der Waals surface area contributed by atoms with Crippen LogP contribution in [0.25, 0.3) is 0 Å². The van der Waals surface area contributed by atoms with E-state index >= 15 is 0 Å². The molecular formula is C38H53NO5. The average Bonchev–Trinajstić information content (AvgIpc) is 3.46. The van der Waals surface area contributed by atoms with Crippen molar-refractivity contribution in [1.82, 2.24) is 4.90 Å². The molecule has 2 aliphatic heterocycles. The second-order valence-electron chi connectivity index (χ2n) is 15.9. The van der Waals surface area contributed by atoms with Gasteiger partial charge in [-0.15, -0.1) is 0 Å². The Hall–Kier alpha value is -2.34. The van der Waals surface area contributed by atoms with Gasteiger partial charge in [0.15, 0.2) is 0 Å². The fourth-order valence-electron chi connectivity index (χ4n) is 11.4. The second-order valence-corrected chi connectivity index (χ2v) is 15.9. The molecule has 0 aromatic heterocycles. The number of nitrogens with zero attached hydrogens (tertiary/aromatic N) is 1. The van der Waals surface area contributed by atoms with Gasteiger partial charge in [0.25, 0.3) is 0 Å². The number of carbonyl (C=O) groups excluding carboxylic acids is 2. The maximum atomic E-state index is 13.6. The lowest BCUT2D eigenvalue weighted by Crippen LogP contribution is -2.54. The fourth-order valence-corrected chi connectivity index (χ4v) is 11.4. The summed E-state index contributed by atoms with van der Waals surface area (Å²) < 4.78 is 18.8. The molecule has 6 nitrogen and oxygen atoms in total. The summed E-state index contributed by atoms with van der Waals surface area (Å²) in [4.78, 5) is 27.3. The number of hydrogen-bond acceptors (Lipinski definition) is 5. The largest absolute Gasteiger partial charge is 0.463 e. The normalized spacial score (nSPS) is 43.0. The minimum Gasteiger partial charge on any atom is -0.463 e. The zero-order valence-corrected chi connectivity index (χ0v) is 27.6. The SMILES string of the molecule is CC(=O)O[C@@H]1CC[C@@]2(C)[C@H](CC[C@H]3[C@@H]4CC[C@@]5(CC(C)=C4C[C@@H]32)O[C@@H]2C[C@H](C)CN(C(=O)OCc3ccccc3)[C@H]2[C@H]5C)C1. The Labute approximate surface area is 264 Å². The van der Waals surface area contributed by atoms with Crippen LogP contribution in [0.1, 0.15) is 104 Å². The van der Waals surface area contributed by atoms with Crippen LogP contribution in [0.3, 0.4) is 0 Å². The van der Waals surface area contributed by atoms with Crippen molar-refractivity contribution >= 4 is 12.1 Å². The van der Waals surface area contributed by atoms with Gasteiger partial charge in [0, 0.05) is 19.4 Å². The Kier molecular flexibility index (Phi) is 7.91. The number of piperidine rings is 1. The molecule has 240 valence electrons. The first-order valence-electron chi connectivity index (χ1n) is 17.6. The van der Waals surface area contributed by atoms with Crippen LogP contribution in [0, 0.1) is 40.9 Å². The van der Waals surface area contributed by atoms with Crippen LogP contribution in [0.4, 0.5) is 4.79 Å². The molecule has 6 aliphatic rings. The van der Waals surface area contributed by atoms with Crippen LogP contribution < -0.4 is 0 Å². The third-order valence-corrected chi connectivity index (χ3v) is 13.5. The Morgan fingerprint density at radius 1 is 1.05 bits per heavy atom. The molecule has 1 spiro atoms. The van der Waals surface area contributed by atoms with E-state index in [-0.39, 0.29) is 41.8 Å². The van der Waals surface area contributed by atoms with Crippen molar-refractivity contribution in [1.29, 1.82) is 0 Å². The van der Waals surface area contributed by atoms with Gasteiger partial charge >= 0.3 is 12.1 Å². The molecule has 0 N–H and O–H groups in total. The van der Waals surface area contributed by atoms with E-state index < -0.39 is 0 Å². The third-order valence-electron chi connectivity index (χ3n) is 13.5. The summed E-state index contributed by atoms with van der Waals surface area (Å²) in [5.41, 5.74) is 4.45. The highest BCUT2D eigenvalue weighted by atomic mass is 16.6. The topological polar surface area (TPSA) is 65.1 Å². The number of likely N-dealkylation sites (tertiary alicyclic amines) is 1. The number of benzene rings is 1. The number of amides is 1. The van der Waals surface area contributed by atoms with E-state index in [0.717, 1.165) is 56.0 Å². The van der Waals surface area contributed by atoms with E-state index in [1.807, 2.05) is 35.2 Å². The van der Waals surface area contributed by atoms with E-state index in [2.05, 4.69) is 27.7 Å². The average molecular weight is 604 g/mol. The van der Waals surface area contributed by atoms with Gasteiger partial charge in [0.05, 0.1) is 17.7 Å². The fraction of sp³-hybridized carbons (Fsp3) is 0.737. The van der Waals surface area contributed by atoms with Gasteiger partial charge in [0.2, 0.25) is 0 Å². The number of rotatable bonds is 3. The molecule has 3 saturated carbocycles. The summed E-state index contributed by atoms with van der Waals surface area (Å²) in [5, 5.41) is 0. The molecule has 1 aromatic carbocycles. The van der Waals surface area contributed by atoms with Crippen LogP contribution in [0.15, 0.2) is 41.5 Å². The van der Waals surface area contributed by atoms with E-state index in [0.29, 0.717) is 29.8 Å². The zero-order valence-electron chi connectivity index (χ0n) is 27.6. The van der Waals surface area contributed by atoms with Crippen molar-refractivity contribution in [2.45, 2.75) is 129 Å². The standard InChI is InChI=1S/C38H53NO5/c1-23-17-34-35(39(21-23)36(41)42-22-27-9-7-6-8-10-27)25(3)38(44-34)16-14-30-31-12-11-28-18-29(43-26(4)40)13-15-37(28,5)33(31)19-32(30)24(2)20-38/h6-10,23,25,28-31,33-35H,11-22H2,1-5H3/t23-,25+,28+,29+,30-,31-,33-,34+,35-,37-,38-/m0/s1. The first-order valence-corrected chi connectivity index (χ1v) is 17.6. The molecule has 2 heterocycles. The molecule has 0 unspecified atom stereocenters. The van der Waals surface area contributed by atoms with E-state index in [1.165, 1.54) is 32.1 Å². The van der Waals surface area contributed by atoms with Gasteiger partial charge in [-0.3, -0.25) is 4.79 Å². The summed E-state index contributed by atoms with van der Waals surface area (Å²) in [7, 11) is 0. The number of ether oxygens (including phenoxy) is 3. The number of esters is 1. The van der Waals surface area contributed by atoms with Crippen molar-refractivity contribution in [3.63, 3.8) is 0 Å². The molecule has 7 rings (SSSR count). The van der Waals surface area contributed by atoms with Crippen LogP contribution in [0.5, 0.6) is 0 Å². The molecule has 11 atom stereocenters. The highest BCUT2D eigenvalue weighted by molar-refractivity contribution is 5.68. The van der Waals surface area contributed by atoms with Gasteiger partial charge in [-0.2, -0.15) is 0 Å². The predicted octanol–water partition coefficient (Wildman–Crippen LogP) is 8.09. The molecule has 2 saturated heterocycles. The first kappa shape index (κ1) is 30.3. The van der Waals surface area contributed by atoms with Crippen LogP contribution in [-0.2, 0) is 25.6 Å². The molecular weight excluding hydrogens is 550 g/mol. The predicted molar refractivity (Wildman–Crippen MR) is 170 cm³/mol. The molecule has 4 aliphatic carbocycles. The lowest BCUT2D eigenvalue weighted by molar-refractivity contribution is -0.154. The zero-order chi connectivity index (χ0) is 30.8. The molecule has 44 heavy (non-hydrogen) atoms. The van der Waals surface area contributed by atoms with Gasteiger partial charge in [-0.05, 0) is 112 Å². The molecule has 0 bridgehead atoms. The molecule has 1 amide bonds. The molecule has 0 radical (unpaired) electrons. The number of carbonyl (C=O) groups is 2. The summed E-state index contributed by atoms with van der Waals surface area (Å²) >= 11 is 0. The van der Waals surface area contributed by atoms with Crippen LogP contribution >= 0.6 is 0 Å². The number of hydrogen-bond donors (Lipinski definition) is 0. The third kappa shape index (κ3) is 5.11. The monoisotopic (exact) mass is 603 g/mol. The Morgan fingerprint density at radius 2 is 1.84 bits per heavy atom. The Balaban J connectivity index is 1.08. The van der Waals surface area contributed by atoms with Gasteiger partial charge in [-0.25, -0.2) is 4.79 Å². The molecule has 1 aromatic rings. The maximum absolute atomic E-state index is 13.6. The molecule has 6 heteroatoms. The minimum absolute atomic E-state index is 0.0692. The van der Waals surface area contributed by atoms with E-state index in [1.54, 1.807) is 18.1 Å². The van der Waals surface area contributed by atoms with Crippen molar-refractivity contribution in [2.75, 3.05) is 6.54 Å². The second kappa shape index (κ2) is 11.5. The lowest BCUT2D eigenvalue weighted by Gasteiger charge is -2.54. The van der Waals surface area contributed by atoms with Gasteiger partial charge in [0.1, 0.15) is 12.7 Å². The minimum atomic E-state index is -0.211. The summed E-state index contributed by atoms with van der Waals surface area (Å²) in [6.07, 6.45) is 11.3. The van der Waals surface area contributed by atoms with Crippen molar-refractivity contribution < 1.29 is 23.8 Å². The summed E-state index contributed by atoms with van der Waals surface area (Å²) in [6.45, 7) is 12.2. The Morgan fingerprint density at radius 3 is 2.61 bits per heavy atom. The first-order chi connectivity index (χ1) is 21.1. The summed E-state index contributed by atoms with van der Waals surface area (Å²) in [5.74, 6) is 3.34. The highest BCUT2D eigenvalue weighted by Gasteiger charge is 2.61. The number of allylic oxidation sites excluding steroid dienone is 1. The van der Waals surface area contributed by atoms with Crippen molar-refractivity contribution in [3.8, 4) is 0 Å². The Bertz CT molecular complexity index is 1290. The number of fused-ring (bicyclic) bond motifs is 6. The highest BCUT2D eigenvalue weighted by Crippen LogP contribution is 2.65. The van der Waals surface area contributed by atoms with E-state index in [9.17, 15) is 9.59 Å². The van der Waals surface area contributed by atoms with Gasteiger partial charge < -0.3 is 19.1 Å². The molecule has 5 fully saturated rings. The van der Waals surface area contributed by atoms with Gasteiger partial charge in [-0.1, -0.05) is 62.2 Å². The van der Waals surface area contributed by atoms with Crippen LogP contribution in [0.2, 0.25) is 0 Å².